The van der Waals surface area contributed by atoms with Crippen LogP contribution >= 0.6 is 0 Å². The molecule has 4 heteroatoms. The second-order valence-corrected chi connectivity index (χ2v) is 4.97. The molecule has 4 nitrogen and oxygen atoms in total. The van der Waals surface area contributed by atoms with Gasteiger partial charge < -0.3 is 19.9 Å². The molecule has 0 spiro atoms. The van der Waals surface area contributed by atoms with E-state index < -0.39 is 0 Å². The summed E-state index contributed by atoms with van der Waals surface area (Å²) in [4.78, 5) is 0. The molecule has 0 heterocycles. The normalized spacial score (nSPS) is 12.5. The van der Waals surface area contributed by atoms with Crippen LogP contribution in [-0.2, 0) is 4.74 Å². The molecule has 0 bridgehead atoms. The number of hydrogen-bond donors (Lipinski definition) is 1. The number of rotatable bonds is 8. The lowest BCUT2D eigenvalue weighted by Gasteiger charge is -2.17. The predicted molar refractivity (Wildman–Crippen MR) is 76.7 cm³/mol. The fraction of sp³-hybridized carbons (Fsp3) is 0.600. The molecule has 19 heavy (non-hydrogen) atoms. The van der Waals surface area contributed by atoms with Gasteiger partial charge in [-0.1, -0.05) is 13.8 Å². The smallest absolute Gasteiger partial charge is 0.127 e. The summed E-state index contributed by atoms with van der Waals surface area (Å²) >= 11 is 0. The lowest BCUT2D eigenvalue weighted by molar-refractivity contribution is 0.111. The van der Waals surface area contributed by atoms with E-state index in [0.29, 0.717) is 12.5 Å². The van der Waals surface area contributed by atoms with E-state index in [1.165, 1.54) is 0 Å². The largest absolute Gasteiger partial charge is 0.497 e. The molecule has 0 amide bonds. The number of hydrogen-bond acceptors (Lipinski definition) is 4. The summed E-state index contributed by atoms with van der Waals surface area (Å²) in [5.41, 5.74) is 7.07. The first-order valence-electron chi connectivity index (χ1n) is 6.63. The zero-order chi connectivity index (χ0) is 14.3. The molecule has 108 valence electrons. The van der Waals surface area contributed by atoms with Crippen LogP contribution in [-0.4, -0.2) is 27.4 Å². The van der Waals surface area contributed by atoms with Crippen LogP contribution in [0.5, 0.6) is 11.5 Å². The van der Waals surface area contributed by atoms with Gasteiger partial charge in [0.1, 0.15) is 11.5 Å². The maximum atomic E-state index is 6.13. The Morgan fingerprint density at radius 3 is 2.47 bits per heavy atom. The van der Waals surface area contributed by atoms with Gasteiger partial charge in [-0.3, -0.25) is 0 Å². The summed E-state index contributed by atoms with van der Waals surface area (Å²) in [6.45, 7) is 5.59. The highest BCUT2D eigenvalue weighted by Gasteiger charge is 2.13. The minimum absolute atomic E-state index is 0.187. The third-order valence-corrected chi connectivity index (χ3v) is 2.98. The first kappa shape index (κ1) is 15.8. The minimum atomic E-state index is -0.187. The van der Waals surface area contributed by atoms with Gasteiger partial charge in [0, 0.05) is 18.2 Å². The van der Waals surface area contributed by atoms with Crippen molar-refractivity contribution in [3.63, 3.8) is 0 Å². The molecule has 0 saturated heterocycles. The monoisotopic (exact) mass is 267 g/mol. The maximum absolute atomic E-state index is 6.13. The Bertz CT molecular complexity index is 380. The van der Waals surface area contributed by atoms with Crippen LogP contribution in [0.1, 0.15) is 31.9 Å². The van der Waals surface area contributed by atoms with Crippen molar-refractivity contribution < 1.29 is 14.2 Å². The Hall–Kier alpha value is -1.26. The molecule has 1 atom stereocenters. The van der Waals surface area contributed by atoms with Gasteiger partial charge in [-0.25, -0.2) is 0 Å². The highest BCUT2D eigenvalue weighted by molar-refractivity contribution is 5.42. The fourth-order valence-corrected chi connectivity index (χ4v) is 1.74. The molecule has 1 rings (SSSR count). The number of ether oxygens (including phenoxy) is 3. The van der Waals surface area contributed by atoms with Gasteiger partial charge in [-0.15, -0.1) is 0 Å². The molecule has 0 radical (unpaired) electrons. The molecule has 0 aliphatic rings. The Kier molecular flexibility index (Phi) is 6.67. The molecule has 0 saturated carbocycles. The molecular formula is C15H25NO3. The standard InChI is InChI=1S/C15H25NO3/c1-11(2)7-8-19-10-14(16)13-6-5-12(17-3)9-15(13)18-4/h5-6,9,11,14H,7-8,10,16H2,1-4H3. The topological polar surface area (TPSA) is 53.7 Å². The van der Waals surface area contributed by atoms with Gasteiger partial charge in [0.15, 0.2) is 0 Å². The van der Waals surface area contributed by atoms with Crippen molar-refractivity contribution in [1.29, 1.82) is 0 Å². The SMILES string of the molecule is COc1ccc(C(N)COCCC(C)C)c(OC)c1. The molecule has 2 N–H and O–H groups in total. The molecule has 0 aliphatic heterocycles. The maximum Gasteiger partial charge on any atom is 0.127 e. The Morgan fingerprint density at radius 2 is 1.89 bits per heavy atom. The number of methoxy groups -OCH3 is 2. The predicted octanol–water partition coefficient (Wildman–Crippen LogP) is 2.77. The zero-order valence-corrected chi connectivity index (χ0v) is 12.3. The summed E-state index contributed by atoms with van der Waals surface area (Å²) in [7, 11) is 3.26. The zero-order valence-electron chi connectivity index (χ0n) is 12.3. The van der Waals surface area contributed by atoms with Crippen molar-refractivity contribution in [3.8, 4) is 11.5 Å². The van der Waals surface area contributed by atoms with E-state index in [1.54, 1.807) is 14.2 Å². The minimum Gasteiger partial charge on any atom is -0.497 e. The van der Waals surface area contributed by atoms with Gasteiger partial charge in [-0.2, -0.15) is 0 Å². The molecule has 0 fully saturated rings. The molecule has 0 aromatic heterocycles. The van der Waals surface area contributed by atoms with E-state index in [-0.39, 0.29) is 6.04 Å². The third-order valence-electron chi connectivity index (χ3n) is 2.98. The van der Waals surface area contributed by atoms with Crippen molar-refractivity contribution in [2.24, 2.45) is 11.7 Å². The molecule has 0 aliphatic carbocycles. The van der Waals surface area contributed by atoms with E-state index >= 15 is 0 Å². The van der Waals surface area contributed by atoms with Gasteiger partial charge >= 0.3 is 0 Å². The molecular weight excluding hydrogens is 242 g/mol. The summed E-state index contributed by atoms with van der Waals surface area (Å²) in [5.74, 6) is 2.14. The second kappa shape index (κ2) is 8.02. The van der Waals surface area contributed by atoms with Crippen LogP contribution in [0.2, 0.25) is 0 Å². The van der Waals surface area contributed by atoms with Crippen LogP contribution < -0.4 is 15.2 Å². The Labute approximate surface area is 115 Å². The Morgan fingerprint density at radius 1 is 1.16 bits per heavy atom. The van der Waals surface area contributed by atoms with Crippen molar-refractivity contribution in [2.45, 2.75) is 26.3 Å². The summed E-state index contributed by atoms with van der Waals surface area (Å²) in [6.07, 6.45) is 1.05. The van der Waals surface area contributed by atoms with Gasteiger partial charge in [-0.05, 0) is 24.5 Å². The lowest BCUT2D eigenvalue weighted by Crippen LogP contribution is -2.18. The molecule has 1 aromatic rings. The van der Waals surface area contributed by atoms with Gasteiger partial charge in [0.05, 0.1) is 26.9 Å². The van der Waals surface area contributed by atoms with Crippen LogP contribution in [0.25, 0.3) is 0 Å². The molecule has 1 aromatic carbocycles. The highest BCUT2D eigenvalue weighted by atomic mass is 16.5. The number of nitrogens with two attached hydrogens (primary N) is 1. The quantitative estimate of drug-likeness (QED) is 0.736. The van der Waals surface area contributed by atoms with Crippen molar-refractivity contribution in [2.75, 3.05) is 27.4 Å². The third kappa shape index (κ3) is 5.09. The van der Waals surface area contributed by atoms with E-state index in [1.807, 2.05) is 18.2 Å². The fourth-order valence-electron chi connectivity index (χ4n) is 1.74. The molecule has 1 unspecified atom stereocenters. The second-order valence-electron chi connectivity index (χ2n) is 4.97. The van der Waals surface area contributed by atoms with Crippen LogP contribution in [0.3, 0.4) is 0 Å². The van der Waals surface area contributed by atoms with Crippen molar-refractivity contribution in [3.05, 3.63) is 23.8 Å². The average Bonchev–Trinajstić information content (AvgIpc) is 2.42. The van der Waals surface area contributed by atoms with E-state index in [9.17, 15) is 0 Å². The van der Waals surface area contributed by atoms with Crippen molar-refractivity contribution in [1.82, 2.24) is 0 Å². The first-order chi connectivity index (χ1) is 9.08. The van der Waals surface area contributed by atoms with E-state index in [4.69, 9.17) is 19.9 Å². The van der Waals surface area contributed by atoms with E-state index in [0.717, 1.165) is 30.1 Å². The van der Waals surface area contributed by atoms with Crippen LogP contribution in [0, 0.1) is 5.92 Å². The summed E-state index contributed by atoms with van der Waals surface area (Å²) < 4.78 is 16.1. The van der Waals surface area contributed by atoms with Gasteiger partial charge in [0.25, 0.3) is 0 Å². The number of benzene rings is 1. The lowest BCUT2D eigenvalue weighted by atomic mass is 10.1. The van der Waals surface area contributed by atoms with Crippen LogP contribution in [0.15, 0.2) is 18.2 Å². The summed E-state index contributed by atoms with van der Waals surface area (Å²) in [6, 6.07) is 5.46. The van der Waals surface area contributed by atoms with E-state index in [2.05, 4.69) is 13.8 Å². The van der Waals surface area contributed by atoms with Crippen molar-refractivity contribution >= 4 is 0 Å². The average molecular weight is 267 g/mol. The highest BCUT2D eigenvalue weighted by Crippen LogP contribution is 2.28. The van der Waals surface area contributed by atoms with Crippen LogP contribution in [0.4, 0.5) is 0 Å². The van der Waals surface area contributed by atoms with Gasteiger partial charge in [0.2, 0.25) is 0 Å². The summed E-state index contributed by atoms with van der Waals surface area (Å²) in [5, 5.41) is 0. The Balaban J connectivity index is 2.58. The first-order valence-corrected chi connectivity index (χ1v) is 6.63.